The van der Waals surface area contributed by atoms with Crippen LogP contribution in [0, 0.1) is 0 Å². The average molecular weight is 319 g/mol. The number of hydrogen-bond acceptors (Lipinski definition) is 5. The van der Waals surface area contributed by atoms with Crippen molar-refractivity contribution < 1.29 is 19.5 Å². The molecule has 0 unspecified atom stereocenters. The molecule has 4 N–H and O–H groups in total. The van der Waals surface area contributed by atoms with Gasteiger partial charge in [-0.25, -0.2) is 4.79 Å². The lowest BCUT2D eigenvalue weighted by atomic mass is 10.3. The van der Waals surface area contributed by atoms with Crippen LogP contribution < -0.4 is 16.3 Å². The number of nitrogens with one attached hydrogen (secondary N) is 3. The smallest absolute Gasteiger partial charge is 0.348 e. The number of hydrogen-bond donors (Lipinski definition) is 4. The molecule has 0 aliphatic heterocycles. The molecule has 0 bridgehead atoms. The maximum Gasteiger partial charge on any atom is 0.348 e. The molecule has 0 fully saturated rings. The van der Waals surface area contributed by atoms with E-state index in [1.807, 2.05) is 0 Å². The largest absolute Gasteiger partial charge is 0.480 e. The molecule has 23 heavy (non-hydrogen) atoms. The molecule has 10 nitrogen and oxygen atoms in total. The second-order valence-corrected chi connectivity index (χ2v) is 4.38. The fourth-order valence-corrected chi connectivity index (χ4v) is 1.65. The molecular formula is C13H13N5O5. The topological polar surface area (TPSA) is 146 Å². The van der Waals surface area contributed by atoms with Crippen LogP contribution in [0.1, 0.15) is 10.6 Å². The van der Waals surface area contributed by atoms with Crippen LogP contribution in [0.4, 0.5) is 0 Å². The third kappa shape index (κ3) is 4.27. The Labute approximate surface area is 129 Å². The van der Waals surface area contributed by atoms with E-state index in [-0.39, 0.29) is 5.82 Å². The predicted octanol–water partition coefficient (Wildman–Crippen LogP) is -1.51. The molecule has 1 aromatic heterocycles. The Bertz CT molecular complexity index is 780. The highest BCUT2D eigenvalue weighted by molar-refractivity contribution is 5.93. The molecule has 2 aromatic rings. The predicted molar refractivity (Wildman–Crippen MR) is 77.2 cm³/mol. The maximum atomic E-state index is 11.8. The van der Waals surface area contributed by atoms with Gasteiger partial charge in [-0.1, -0.05) is 18.2 Å². The van der Waals surface area contributed by atoms with Crippen molar-refractivity contribution in [3.8, 4) is 5.69 Å². The van der Waals surface area contributed by atoms with Crippen molar-refractivity contribution in [3.05, 3.63) is 46.6 Å². The fraction of sp³-hybridized carbons (Fsp3) is 0.154. The number of aromatic amines is 1. The van der Waals surface area contributed by atoms with Gasteiger partial charge in [-0.15, -0.1) is 5.10 Å². The van der Waals surface area contributed by atoms with E-state index < -0.39 is 36.6 Å². The van der Waals surface area contributed by atoms with Gasteiger partial charge in [0.05, 0.1) is 12.2 Å². The standard InChI is InChI=1S/C13H13N5O5/c19-9(14-7-10(20)21)6-15-12(22)11-16-13(23)18(17-11)8-4-2-1-3-5-8/h1-5H,6-7H2,(H,14,19)(H,15,22)(H,20,21)(H,16,17,23). The first-order valence-electron chi connectivity index (χ1n) is 6.49. The third-order valence-electron chi connectivity index (χ3n) is 2.68. The lowest BCUT2D eigenvalue weighted by molar-refractivity contribution is -0.137. The van der Waals surface area contributed by atoms with Crippen LogP contribution in [-0.4, -0.2) is 50.7 Å². The first kappa shape index (κ1) is 15.9. The van der Waals surface area contributed by atoms with Crippen LogP contribution in [0.3, 0.4) is 0 Å². The van der Waals surface area contributed by atoms with Gasteiger partial charge in [0.25, 0.3) is 5.91 Å². The minimum absolute atomic E-state index is 0.259. The summed E-state index contributed by atoms with van der Waals surface area (Å²) >= 11 is 0. The first-order valence-corrected chi connectivity index (χ1v) is 6.49. The quantitative estimate of drug-likeness (QED) is 0.509. The van der Waals surface area contributed by atoms with Crippen LogP contribution in [0.15, 0.2) is 35.1 Å². The zero-order valence-electron chi connectivity index (χ0n) is 11.8. The second kappa shape index (κ2) is 7.02. The number of aromatic nitrogens is 3. The molecule has 2 amide bonds. The Hall–Kier alpha value is -3.43. The Morgan fingerprint density at radius 1 is 1.13 bits per heavy atom. The summed E-state index contributed by atoms with van der Waals surface area (Å²) in [5.41, 5.74) is -0.122. The Balaban J connectivity index is 2.00. The van der Waals surface area contributed by atoms with E-state index in [4.69, 9.17) is 5.11 Å². The van der Waals surface area contributed by atoms with E-state index in [1.54, 1.807) is 30.3 Å². The Kier molecular flexibility index (Phi) is 4.87. The lowest BCUT2D eigenvalue weighted by Gasteiger charge is -2.03. The number of carboxylic acids is 1. The molecule has 0 aliphatic rings. The lowest BCUT2D eigenvalue weighted by Crippen LogP contribution is -2.39. The molecule has 0 aliphatic carbocycles. The molecule has 1 heterocycles. The second-order valence-electron chi connectivity index (χ2n) is 4.38. The van der Waals surface area contributed by atoms with E-state index in [0.717, 1.165) is 4.68 Å². The Morgan fingerprint density at radius 2 is 1.83 bits per heavy atom. The van der Waals surface area contributed by atoms with Gasteiger partial charge < -0.3 is 15.7 Å². The summed E-state index contributed by atoms with van der Waals surface area (Å²) in [6.07, 6.45) is 0. The molecule has 0 radical (unpaired) electrons. The highest BCUT2D eigenvalue weighted by atomic mass is 16.4. The van der Waals surface area contributed by atoms with Crippen molar-refractivity contribution in [2.24, 2.45) is 0 Å². The SMILES string of the molecule is O=C(O)CNC(=O)CNC(=O)c1nn(-c2ccccc2)c(=O)[nH]1. The van der Waals surface area contributed by atoms with Crippen molar-refractivity contribution in [1.82, 2.24) is 25.4 Å². The van der Waals surface area contributed by atoms with Gasteiger partial charge >= 0.3 is 11.7 Å². The number of rotatable bonds is 6. The third-order valence-corrected chi connectivity index (χ3v) is 2.68. The van der Waals surface area contributed by atoms with Crippen LogP contribution >= 0.6 is 0 Å². The number of benzene rings is 1. The highest BCUT2D eigenvalue weighted by Gasteiger charge is 2.15. The van der Waals surface area contributed by atoms with Gasteiger partial charge in [0, 0.05) is 0 Å². The van der Waals surface area contributed by atoms with Crippen molar-refractivity contribution in [2.45, 2.75) is 0 Å². The summed E-state index contributed by atoms with van der Waals surface area (Å²) in [7, 11) is 0. The number of aliphatic carboxylic acids is 1. The van der Waals surface area contributed by atoms with Gasteiger partial charge in [0.1, 0.15) is 6.54 Å². The summed E-state index contributed by atoms with van der Waals surface area (Å²) < 4.78 is 1.01. The molecule has 0 spiro atoms. The van der Waals surface area contributed by atoms with Crippen LogP contribution in [0.5, 0.6) is 0 Å². The van der Waals surface area contributed by atoms with Crippen molar-refractivity contribution in [1.29, 1.82) is 0 Å². The number of carbonyl (C=O) groups is 3. The zero-order chi connectivity index (χ0) is 16.8. The van der Waals surface area contributed by atoms with Crippen molar-refractivity contribution >= 4 is 17.8 Å². The van der Waals surface area contributed by atoms with Gasteiger partial charge in [-0.3, -0.25) is 19.4 Å². The molecule has 0 atom stereocenters. The van der Waals surface area contributed by atoms with Gasteiger partial charge in [-0.05, 0) is 12.1 Å². The first-order chi connectivity index (χ1) is 11.0. The molecule has 2 rings (SSSR count). The maximum absolute atomic E-state index is 11.8. The average Bonchev–Trinajstić information content (AvgIpc) is 2.93. The van der Waals surface area contributed by atoms with Crippen LogP contribution in [0.25, 0.3) is 5.69 Å². The van der Waals surface area contributed by atoms with Gasteiger partial charge in [0.15, 0.2) is 0 Å². The molecular weight excluding hydrogens is 306 g/mol. The minimum Gasteiger partial charge on any atom is -0.480 e. The number of H-pyrrole nitrogens is 1. The van der Waals surface area contributed by atoms with Crippen molar-refractivity contribution in [2.75, 3.05) is 13.1 Å². The number of carbonyl (C=O) groups excluding carboxylic acids is 2. The molecule has 1 aromatic carbocycles. The number of nitrogens with zero attached hydrogens (tertiary/aromatic N) is 2. The number of para-hydroxylation sites is 1. The summed E-state index contributed by atoms with van der Waals surface area (Å²) in [6.45, 7) is -0.986. The van der Waals surface area contributed by atoms with E-state index in [0.29, 0.717) is 5.69 Å². The van der Waals surface area contributed by atoms with E-state index in [2.05, 4.69) is 20.7 Å². The van der Waals surface area contributed by atoms with E-state index in [1.165, 1.54) is 0 Å². The van der Waals surface area contributed by atoms with Gasteiger partial charge in [0.2, 0.25) is 11.7 Å². The normalized spacial score (nSPS) is 10.1. The Morgan fingerprint density at radius 3 is 2.48 bits per heavy atom. The zero-order valence-corrected chi connectivity index (χ0v) is 11.8. The van der Waals surface area contributed by atoms with Crippen LogP contribution in [-0.2, 0) is 9.59 Å². The summed E-state index contributed by atoms with van der Waals surface area (Å²) in [4.78, 5) is 47.5. The molecule has 120 valence electrons. The fourth-order valence-electron chi connectivity index (χ4n) is 1.65. The van der Waals surface area contributed by atoms with E-state index in [9.17, 15) is 19.2 Å². The summed E-state index contributed by atoms with van der Waals surface area (Å²) in [6, 6.07) is 8.48. The molecule has 0 saturated carbocycles. The monoisotopic (exact) mass is 319 g/mol. The van der Waals surface area contributed by atoms with E-state index >= 15 is 0 Å². The molecule has 10 heteroatoms. The van der Waals surface area contributed by atoms with Crippen LogP contribution in [0.2, 0.25) is 0 Å². The number of amides is 2. The minimum atomic E-state index is -1.20. The molecule has 0 saturated heterocycles. The van der Waals surface area contributed by atoms with Crippen molar-refractivity contribution in [3.63, 3.8) is 0 Å². The van der Waals surface area contributed by atoms with Gasteiger partial charge in [-0.2, -0.15) is 4.68 Å². The number of carboxylic acid groups (broad SMARTS) is 1. The summed E-state index contributed by atoms with van der Waals surface area (Å²) in [5.74, 6) is -2.90. The highest BCUT2D eigenvalue weighted by Crippen LogP contribution is 2.01. The summed E-state index contributed by atoms with van der Waals surface area (Å²) in [5, 5.41) is 16.6.